The molecule has 0 aromatic heterocycles. The molecule has 0 spiro atoms. The lowest BCUT2D eigenvalue weighted by molar-refractivity contribution is -0.142. The molecule has 0 bridgehead atoms. The molecule has 0 amide bonds. The van der Waals surface area contributed by atoms with Crippen molar-refractivity contribution in [2.75, 3.05) is 6.61 Å². The van der Waals surface area contributed by atoms with Gasteiger partial charge >= 0.3 is 5.97 Å². The highest BCUT2D eigenvalue weighted by atomic mass is 16.5. The normalized spacial score (nSPS) is 12.5. The molecule has 0 radical (unpaired) electrons. The van der Waals surface area contributed by atoms with Crippen LogP contribution in [0.5, 0.6) is 0 Å². The quantitative estimate of drug-likeness (QED) is 0.446. The third-order valence-electron chi connectivity index (χ3n) is 3.21. The molecule has 0 saturated carbocycles. The van der Waals surface area contributed by atoms with Crippen molar-refractivity contribution in [3.63, 3.8) is 0 Å². The van der Waals surface area contributed by atoms with E-state index in [0.717, 1.165) is 12.0 Å². The van der Waals surface area contributed by atoms with Crippen LogP contribution >= 0.6 is 0 Å². The zero-order chi connectivity index (χ0) is 15.6. The summed E-state index contributed by atoms with van der Waals surface area (Å²) in [6.45, 7) is 13.4. The molecule has 0 rings (SSSR count). The van der Waals surface area contributed by atoms with E-state index in [1.165, 1.54) is 19.3 Å². The fourth-order valence-electron chi connectivity index (χ4n) is 2.01. The monoisotopic (exact) mass is 280 g/mol. The number of esters is 1. The van der Waals surface area contributed by atoms with Crippen LogP contribution < -0.4 is 0 Å². The Labute approximate surface area is 125 Å². The van der Waals surface area contributed by atoms with Gasteiger partial charge in [0.2, 0.25) is 0 Å². The maximum absolute atomic E-state index is 11.3. The second-order valence-corrected chi connectivity index (χ2v) is 6.90. The van der Waals surface area contributed by atoms with E-state index in [1.807, 2.05) is 13.8 Å². The Bertz CT molecular complexity index is 341. The van der Waals surface area contributed by atoms with E-state index in [1.54, 1.807) is 0 Å². The fraction of sp³-hybridized carbons (Fsp3) is 0.778. The van der Waals surface area contributed by atoms with Crippen molar-refractivity contribution in [2.45, 2.75) is 73.6 Å². The van der Waals surface area contributed by atoms with Crippen LogP contribution in [0.15, 0.2) is 17.4 Å². The lowest BCUT2D eigenvalue weighted by atomic mass is 9.87. The van der Waals surface area contributed by atoms with Gasteiger partial charge in [-0.3, -0.25) is 4.79 Å². The molecule has 0 aliphatic carbocycles. The molecule has 0 saturated heterocycles. The Balaban J connectivity index is 3.99. The SMILES string of the molecule is CCOC(=O)CC(C)=C=CCC(C)CCCC(C)(C)C. The maximum Gasteiger partial charge on any atom is 0.310 e. The van der Waals surface area contributed by atoms with Crippen LogP contribution in [0.2, 0.25) is 0 Å². The Kier molecular flexibility index (Phi) is 9.33. The lowest BCUT2D eigenvalue weighted by Gasteiger charge is -2.18. The van der Waals surface area contributed by atoms with E-state index < -0.39 is 0 Å². The van der Waals surface area contributed by atoms with Crippen molar-refractivity contribution in [2.24, 2.45) is 11.3 Å². The first-order valence-corrected chi connectivity index (χ1v) is 7.81. The van der Waals surface area contributed by atoms with Crippen LogP contribution in [0, 0.1) is 11.3 Å². The van der Waals surface area contributed by atoms with Gasteiger partial charge in [0.1, 0.15) is 0 Å². The molecule has 0 aliphatic rings. The molecule has 0 fully saturated rings. The van der Waals surface area contributed by atoms with Crippen molar-refractivity contribution in [3.05, 3.63) is 17.4 Å². The van der Waals surface area contributed by atoms with Crippen molar-refractivity contribution in [1.82, 2.24) is 0 Å². The summed E-state index contributed by atoms with van der Waals surface area (Å²) in [7, 11) is 0. The first kappa shape index (κ1) is 19.0. The predicted octanol–water partition coefficient (Wildman–Crippen LogP) is 5.28. The van der Waals surface area contributed by atoms with Crippen molar-refractivity contribution >= 4 is 5.97 Å². The zero-order valence-corrected chi connectivity index (χ0v) is 14.2. The van der Waals surface area contributed by atoms with Crippen molar-refractivity contribution < 1.29 is 9.53 Å². The Hall–Kier alpha value is -1.01. The van der Waals surface area contributed by atoms with E-state index in [9.17, 15) is 4.79 Å². The van der Waals surface area contributed by atoms with Crippen LogP contribution in [-0.2, 0) is 9.53 Å². The topological polar surface area (TPSA) is 26.3 Å². The first-order valence-electron chi connectivity index (χ1n) is 7.81. The van der Waals surface area contributed by atoms with E-state index in [2.05, 4.69) is 39.5 Å². The van der Waals surface area contributed by atoms with Gasteiger partial charge in [0.05, 0.1) is 13.0 Å². The highest BCUT2D eigenvalue weighted by molar-refractivity contribution is 5.72. The van der Waals surface area contributed by atoms with E-state index >= 15 is 0 Å². The second kappa shape index (κ2) is 9.83. The Morgan fingerprint density at radius 2 is 2.00 bits per heavy atom. The van der Waals surface area contributed by atoms with Crippen LogP contribution in [0.1, 0.15) is 73.6 Å². The number of carbonyl (C=O) groups is 1. The van der Waals surface area contributed by atoms with Gasteiger partial charge in [-0.2, -0.15) is 0 Å². The molecule has 2 nitrogen and oxygen atoms in total. The van der Waals surface area contributed by atoms with Gasteiger partial charge in [-0.15, -0.1) is 5.73 Å². The molecule has 1 unspecified atom stereocenters. The number of rotatable bonds is 8. The summed E-state index contributed by atoms with van der Waals surface area (Å²) in [5, 5.41) is 0. The highest BCUT2D eigenvalue weighted by Crippen LogP contribution is 2.24. The maximum atomic E-state index is 11.3. The van der Waals surface area contributed by atoms with Gasteiger partial charge in [-0.1, -0.05) is 40.5 Å². The third kappa shape index (κ3) is 12.0. The van der Waals surface area contributed by atoms with Crippen LogP contribution in [-0.4, -0.2) is 12.6 Å². The summed E-state index contributed by atoms with van der Waals surface area (Å²) in [4.78, 5) is 11.3. The third-order valence-corrected chi connectivity index (χ3v) is 3.21. The molecule has 0 aromatic carbocycles. The molecule has 20 heavy (non-hydrogen) atoms. The fourth-order valence-corrected chi connectivity index (χ4v) is 2.01. The van der Waals surface area contributed by atoms with Gasteiger partial charge in [0, 0.05) is 0 Å². The highest BCUT2D eigenvalue weighted by Gasteiger charge is 2.10. The minimum atomic E-state index is -0.163. The van der Waals surface area contributed by atoms with E-state index in [0.29, 0.717) is 24.4 Å². The molecule has 2 heteroatoms. The molecular formula is C18H32O2. The minimum absolute atomic E-state index is 0.163. The standard InChI is InChI=1S/C18H32O2/c1-7-20-17(19)14-16(3)11-8-10-15(2)12-9-13-18(4,5)6/h8,15H,7,9-10,12-14H2,1-6H3. The summed E-state index contributed by atoms with van der Waals surface area (Å²) in [6, 6.07) is 0. The van der Waals surface area contributed by atoms with Gasteiger partial charge in [0.25, 0.3) is 0 Å². The smallest absolute Gasteiger partial charge is 0.310 e. The van der Waals surface area contributed by atoms with Crippen molar-refractivity contribution in [3.8, 4) is 0 Å². The molecule has 0 heterocycles. The number of hydrogen-bond acceptors (Lipinski definition) is 2. The van der Waals surface area contributed by atoms with Gasteiger partial charge < -0.3 is 4.74 Å². The van der Waals surface area contributed by atoms with Crippen molar-refractivity contribution in [1.29, 1.82) is 0 Å². The summed E-state index contributed by atoms with van der Waals surface area (Å²) in [6.07, 6.45) is 7.26. The van der Waals surface area contributed by atoms with Crippen LogP contribution in [0.25, 0.3) is 0 Å². The molecule has 1 atom stereocenters. The number of hydrogen-bond donors (Lipinski definition) is 0. The van der Waals surface area contributed by atoms with Crippen LogP contribution in [0.4, 0.5) is 0 Å². The predicted molar refractivity (Wildman–Crippen MR) is 85.6 cm³/mol. The summed E-state index contributed by atoms with van der Waals surface area (Å²) in [5.41, 5.74) is 4.59. The first-order chi connectivity index (χ1) is 9.24. The summed E-state index contributed by atoms with van der Waals surface area (Å²) < 4.78 is 4.91. The molecule has 0 aliphatic heterocycles. The molecule has 0 N–H and O–H groups in total. The second-order valence-electron chi connectivity index (χ2n) is 6.90. The zero-order valence-electron chi connectivity index (χ0n) is 14.2. The average Bonchev–Trinajstić information content (AvgIpc) is 2.27. The minimum Gasteiger partial charge on any atom is -0.466 e. The summed E-state index contributed by atoms with van der Waals surface area (Å²) in [5.74, 6) is 0.518. The van der Waals surface area contributed by atoms with E-state index in [4.69, 9.17) is 4.74 Å². The Morgan fingerprint density at radius 3 is 2.55 bits per heavy atom. The average molecular weight is 280 g/mol. The largest absolute Gasteiger partial charge is 0.466 e. The van der Waals surface area contributed by atoms with Gasteiger partial charge in [-0.05, 0) is 49.7 Å². The van der Waals surface area contributed by atoms with Gasteiger partial charge in [0.15, 0.2) is 0 Å². The number of carbonyl (C=O) groups excluding carboxylic acids is 1. The van der Waals surface area contributed by atoms with Crippen LogP contribution in [0.3, 0.4) is 0 Å². The Morgan fingerprint density at radius 1 is 1.35 bits per heavy atom. The summed E-state index contributed by atoms with van der Waals surface area (Å²) >= 11 is 0. The molecular weight excluding hydrogens is 248 g/mol. The van der Waals surface area contributed by atoms with Gasteiger partial charge in [-0.25, -0.2) is 0 Å². The molecule has 116 valence electrons. The molecule has 0 aromatic rings. The number of ether oxygens (including phenoxy) is 1. The lowest BCUT2D eigenvalue weighted by Crippen LogP contribution is -2.05. The van der Waals surface area contributed by atoms with E-state index in [-0.39, 0.29) is 5.97 Å².